The highest BCUT2D eigenvalue weighted by Gasteiger charge is 2.29. The number of aliphatic hydroxyl groups excluding tert-OH is 1. The molecule has 4 aromatic carbocycles. The standard InChI is InChI=1S/C29H21NO4/c31-18(16-30-26-11-5-3-7-20(26)21-8-4-6-12-27(21)30)17-34-19-13-14-24-25(15-19)29(33)23-10-2-1-9-22(23)28(24)32/h1-15,18,31H,16-17H2/t18-/m0/s1. The third kappa shape index (κ3) is 3.21. The van der Waals surface area contributed by atoms with Crippen molar-refractivity contribution in [3.05, 3.63) is 113 Å². The summed E-state index contributed by atoms with van der Waals surface area (Å²) in [5.41, 5.74) is 3.65. The molecule has 1 aliphatic rings. The van der Waals surface area contributed by atoms with Gasteiger partial charge < -0.3 is 14.4 Å². The predicted molar refractivity (Wildman–Crippen MR) is 131 cm³/mol. The van der Waals surface area contributed by atoms with Crippen molar-refractivity contribution in [2.24, 2.45) is 0 Å². The van der Waals surface area contributed by atoms with E-state index in [-0.39, 0.29) is 18.2 Å². The summed E-state index contributed by atoms with van der Waals surface area (Å²) >= 11 is 0. The number of benzene rings is 4. The van der Waals surface area contributed by atoms with Crippen molar-refractivity contribution in [3.8, 4) is 5.75 Å². The van der Waals surface area contributed by atoms with Gasteiger partial charge in [0.1, 0.15) is 18.5 Å². The van der Waals surface area contributed by atoms with Gasteiger partial charge in [0.05, 0.1) is 6.54 Å². The van der Waals surface area contributed by atoms with Gasteiger partial charge in [-0.2, -0.15) is 0 Å². The molecule has 0 radical (unpaired) electrons. The van der Waals surface area contributed by atoms with E-state index in [1.807, 2.05) is 36.4 Å². The maximum atomic E-state index is 12.9. The summed E-state index contributed by atoms with van der Waals surface area (Å²) < 4.78 is 7.95. The van der Waals surface area contributed by atoms with Crippen molar-refractivity contribution >= 4 is 33.4 Å². The fourth-order valence-corrected chi connectivity index (χ4v) is 4.82. The molecule has 0 saturated heterocycles. The average molecular weight is 447 g/mol. The number of para-hydroxylation sites is 2. The Morgan fingerprint density at radius 2 is 1.21 bits per heavy atom. The zero-order valence-corrected chi connectivity index (χ0v) is 18.3. The second kappa shape index (κ2) is 7.97. The van der Waals surface area contributed by atoms with Gasteiger partial charge in [0.15, 0.2) is 11.6 Å². The molecule has 1 aliphatic carbocycles. The van der Waals surface area contributed by atoms with Crippen LogP contribution in [0, 0.1) is 0 Å². The van der Waals surface area contributed by atoms with Gasteiger partial charge in [-0.3, -0.25) is 9.59 Å². The van der Waals surface area contributed by atoms with Crippen molar-refractivity contribution < 1.29 is 19.4 Å². The van der Waals surface area contributed by atoms with E-state index in [2.05, 4.69) is 16.7 Å². The number of carbonyl (C=O) groups excluding carboxylic acids is 2. The molecule has 0 spiro atoms. The van der Waals surface area contributed by atoms with Crippen molar-refractivity contribution in [1.82, 2.24) is 4.57 Å². The topological polar surface area (TPSA) is 68.5 Å². The van der Waals surface area contributed by atoms with Crippen LogP contribution in [0.5, 0.6) is 5.75 Å². The molecule has 1 atom stereocenters. The Kier molecular flexibility index (Phi) is 4.78. The molecular weight excluding hydrogens is 426 g/mol. The van der Waals surface area contributed by atoms with E-state index < -0.39 is 6.10 Å². The molecule has 166 valence electrons. The van der Waals surface area contributed by atoms with E-state index in [1.165, 1.54) is 0 Å². The second-order valence-corrected chi connectivity index (χ2v) is 8.52. The van der Waals surface area contributed by atoms with Crippen LogP contribution in [-0.4, -0.2) is 34.0 Å². The van der Waals surface area contributed by atoms with Crippen LogP contribution in [0.25, 0.3) is 21.8 Å². The minimum atomic E-state index is -0.770. The van der Waals surface area contributed by atoms with E-state index in [0.717, 1.165) is 21.8 Å². The summed E-state index contributed by atoms with van der Waals surface area (Å²) in [6.45, 7) is 0.419. The molecule has 0 fully saturated rings. The van der Waals surface area contributed by atoms with Gasteiger partial charge in [-0.25, -0.2) is 0 Å². The van der Waals surface area contributed by atoms with E-state index in [0.29, 0.717) is 34.5 Å². The lowest BCUT2D eigenvalue weighted by atomic mass is 9.84. The number of aliphatic hydroxyl groups is 1. The number of nitrogens with zero attached hydrogens (tertiary/aromatic N) is 1. The molecule has 0 unspecified atom stereocenters. The first-order valence-corrected chi connectivity index (χ1v) is 11.2. The Morgan fingerprint density at radius 3 is 1.85 bits per heavy atom. The average Bonchev–Trinajstić information content (AvgIpc) is 3.19. The van der Waals surface area contributed by atoms with E-state index >= 15 is 0 Å². The molecule has 1 aromatic heterocycles. The number of ether oxygens (including phenoxy) is 1. The monoisotopic (exact) mass is 447 g/mol. The maximum absolute atomic E-state index is 12.9. The maximum Gasteiger partial charge on any atom is 0.194 e. The number of hydrogen-bond donors (Lipinski definition) is 1. The number of aromatic nitrogens is 1. The van der Waals surface area contributed by atoms with Crippen LogP contribution in [0.3, 0.4) is 0 Å². The number of hydrogen-bond acceptors (Lipinski definition) is 4. The predicted octanol–water partition coefficient (Wildman–Crippen LogP) is 5.01. The Balaban J connectivity index is 1.23. The van der Waals surface area contributed by atoms with E-state index in [9.17, 15) is 14.7 Å². The molecule has 0 bridgehead atoms. The Bertz CT molecular complexity index is 1540. The van der Waals surface area contributed by atoms with Gasteiger partial charge in [-0.05, 0) is 30.3 Å². The van der Waals surface area contributed by atoms with Crippen molar-refractivity contribution in [1.29, 1.82) is 0 Å². The molecule has 1 N–H and O–H groups in total. The molecule has 6 rings (SSSR count). The molecule has 34 heavy (non-hydrogen) atoms. The third-order valence-corrected chi connectivity index (χ3v) is 6.41. The molecule has 5 nitrogen and oxygen atoms in total. The highest BCUT2D eigenvalue weighted by molar-refractivity contribution is 6.28. The molecule has 5 aromatic rings. The Morgan fingerprint density at radius 1 is 0.676 bits per heavy atom. The first-order valence-electron chi connectivity index (χ1n) is 11.2. The normalized spacial score (nSPS) is 13.7. The summed E-state index contributed by atoms with van der Waals surface area (Å²) in [6, 6.07) is 28.0. The molecular formula is C29H21NO4. The fraction of sp³-hybridized carbons (Fsp3) is 0.103. The van der Waals surface area contributed by atoms with Gasteiger partial charge in [0.2, 0.25) is 0 Å². The molecule has 5 heteroatoms. The smallest absolute Gasteiger partial charge is 0.194 e. The summed E-state index contributed by atoms with van der Waals surface area (Å²) in [7, 11) is 0. The number of ketones is 2. The number of rotatable bonds is 5. The zero-order valence-electron chi connectivity index (χ0n) is 18.3. The molecule has 0 aliphatic heterocycles. The number of fused-ring (bicyclic) bond motifs is 5. The summed E-state index contributed by atoms with van der Waals surface area (Å²) in [5.74, 6) is 0.0881. The summed E-state index contributed by atoms with van der Waals surface area (Å²) in [6.07, 6.45) is -0.770. The highest BCUT2D eigenvalue weighted by atomic mass is 16.5. The van der Waals surface area contributed by atoms with Crippen LogP contribution >= 0.6 is 0 Å². The highest BCUT2D eigenvalue weighted by Crippen LogP contribution is 2.31. The van der Waals surface area contributed by atoms with Gasteiger partial charge in [-0.1, -0.05) is 60.7 Å². The van der Waals surface area contributed by atoms with Crippen LogP contribution in [0.15, 0.2) is 91.0 Å². The largest absolute Gasteiger partial charge is 0.491 e. The van der Waals surface area contributed by atoms with Crippen LogP contribution < -0.4 is 4.74 Å². The summed E-state index contributed by atoms with van der Waals surface area (Å²) in [5, 5.41) is 13.1. The van der Waals surface area contributed by atoms with E-state index in [4.69, 9.17) is 4.74 Å². The van der Waals surface area contributed by atoms with Crippen LogP contribution in [0.1, 0.15) is 31.8 Å². The minimum absolute atomic E-state index is 0.0539. The van der Waals surface area contributed by atoms with Gasteiger partial charge in [-0.15, -0.1) is 0 Å². The lowest BCUT2D eigenvalue weighted by Gasteiger charge is -2.19. The Hall–Kier alpha value is -4.22. The number of carbonyl (C=O) groups is 2. The third-order valence-electron chi connectivity index (χ3n) is 6.41. The Labute approximate surface area is 195 Å². The molecule has 0 saturated carbocycles. The second-order valence-electron chi connectivity index (χ2n) is 8.52. The lowest BCUT2D eigenvalue weighted by molar-refractivity contribution is 0.0938. The quantitative estimate of drug-likeness (QED) is 0.403. The SMILES string of the molecule is O=C1c2ccccc2C(=O)c2cc(OC[C@@H](O)Cn3c4ccccc4c4ccccc43)ccc21. The summed E-state index contributed by atoms with van der Waals surface area (Å²) in [4.78, 5) is 25.7. The van der Waals surface area contributed by atoms with Gasteiger partial charge in [0.25, 0.3) is 0 Å². The van der Waals surface area contributed by atoms with Crippen LogP contribution in [0.2, 0.25) is 0 Å². The van der Waals surface area contributed by atoms with E-state index in [1.54, 1.807) is 42.5 Å². The fourth-order valence-electron chi connectivity index (χ4n) is 4.82. The van der Waals surface area contributed by atoms with Gasteiger partial charge in [0, 0.05) is 44.1 Å². The first-order chi connectivity index (χ1) is 16.6. The molecule has 1 heterocycles. The minimum Gasteiger partial charge on any atom is -0.491 e. The van der Waals surface area contributed by atoms with Crippen molar-refractivity contribution in [2.45, 2.75) is 12.6 Å². The lowest BCUT2D eigenvalue weighted by Crippen LogP contribution is -2.24. The van der Waals surface area contributed by atoms with Crippen LogP contribution in [0.4, 0.5) is 0 Å². The zero-order chi connectivity index (χ0) is 23.2. The van der Waals surface area contributed by atoms with Crippen LogP contribution in [-0.2, 0) is 6.54 Å². The van der Waals surface area contributed by atoms with Crippen molar-refractivity contribution in [2.75, 3.05) is 6.61 Å². The molecule has 0 amide bonds. The first kappa shape index (κ1) is 20.4. The van der Waals surface area contributed by atoms with Gasteiger partial charge >= 0.3 is 0 Å². The van der Waals surface area contributed by atoms with Crippen molar-refractivity contribution in [3.63, 3.8) is 0 Å².